The third-order valence-electron chi connectivity index (χ3n) is 3.44. The van der Waals surface area contributed by atoms with Crippen LogP contribution in [0, 0.1) is 0 Å². The molecule has 0 bridgehead atoms. The summed E-state index contributed by atoms with van der Waals surface area (Å²) in [5, 5.41) is 5.07. The quantitative estimate of drug-likeness (QED) is 0.711. The van der Waals surface area contributed by atoms with Gasteiger partial charge in [-0.1, -0.05) is 45.2 Å². The fraction of sp³-hybridized carbons (Fsp3) is 0.200. The van der Waals surface area contributed by atoms with E-state index in [0.717, 1.165) is 33.0 Å². The SMILES string of the molecule is Clc1ccc2c(c1)CCC2Nc1cc(Br)ccc1Cl. The second-order valence-corrected chi connectivity index (χ2v) is 6.46. The molecule has 0 saturated heterocycles. The highest BCUT2D eigenvalue weighted by Gasteiger charge is 2.22. The van der Waals surface area contributed by atoms with Crippen LogP contribution in [0.4, 0.5) is 5.69 Å². The van der Waals surface area contributed by atoms with Crippen LogP contribution in [0.1, 0.15) is 23.6 Å². The molecule has 98 valence electrons. The normalized spacial score (nSPS) is 17.3. The molecule has 0 heterocycles. The number of benzene rings is 2. The Labute approximate surface area is 131 Å². The first-order chi connectivity index (χ1) is 9.13. The van der Waals surface area contributed by atoms with E-state index in [0.29, 0.717) is 6.04 Å². The van der Waals surface area contributed by atoms with Gasteiger partial charge in [-0.3, -0.25) is 0 Å². The Hall–Kier alpha value is -0.700. The van der Waals surface area contributed by atoms with E-state index < -0.39 is 0 Å². The van der Waals surface area contributed by atoms with Crippen LogP contribution in [0.25, 0.3) is 0 Å². The van der Waals surface area contributed by atoms with Crippen LogP contribution in [-0.4, -0.2) is 0 Å². The zero-order valence-electron chi connectivity index (χ0n) is 10.1. The smallest absolute Gasteiger partial charge is 0.0638 e. The van der Waals surface area contributed by atoms with Crippen LogP contribution >= 0.6 is 39.1 Å². The van der Waals surface area contributed by atoms with E-state index in [2.05, 4.69) is 33.4 Å². The van der Waals surface area contributed by atoms with Crippen molar-refractivity contribution in [3.8, 4) is 0 Å². The van der Waals surface area contributed by atoms with Crippen molar-refractivity contribution in [2.24, 2.45) is 0 Å². The number of anilines is 1. The molecule has 1 aliphatic carbocycles. The van der Waals surface area contributed by atoms with Gasteiger partial charge >= 0.3 is 0 Å². The molecule has 3 rings (SSSR count). The third kappa shape index (κ3) is 2.76. The molecule has 1 atom stereocenters. The number of aryl methyl sites for hydroxylation is 1. The molecule has 1 unspecified atom stereocenters. The highest BCUT2D eigenvalue weighted by atomic mass is 79.9. The van der Waals surface area contributed by atoms with Crippen molar-refractivity contribution in [1.29, 1.82) is 0 Å². The van der Waals surface area contributed by atoms with Crippen molar-refractivity contribution in [2.75, 3.05) is 5.32 Å². The molecule has 0 spiro atoms. The second kappa shape index (κ2) is 5.35. The first-order valence-corrected chi connectivity index (χ1v) is 7.68. The fourth-order valence-electron chi connectivity index (χ4n) is 2.53. The Morgan fingerprint density at radius 1 is 1.11 bits per heavy atom. The summed E-state index contributed by atoms with van der Waals surface area (Å²) in [4.78, 5) is 0. The monoisotopic (exact) mass is 355 g/mol. The van der Waals surface area contributed by atoms with Crippen molar-refractivity contribution >= 4 is 44.8 Å². The number of rotatable bonds is 2. The summed E-state index contributed by atoms with van der Waals surface area (Å²) in [5.41, 5.74) is 3.61. The largest absolute Gasteiger partial charge is 0.377 e. The lowest BCUT2D eigenvalue weighted by Crippen LogP contribution is -2.07. The van der Waals surface area contributed by atoms with E-state index in [1.54, 1.807) is 0 Å². The summed E-state index contributed by atoms with van der Waals surface area (Å²) in [6.07, 6.45) is 2.12. The highest BCUT2D eigenvalue weighted by Crippen LogP contribution is 2.37. The Morgan fingerprint density at radius 2 is 1.95 bits per heavy atom. The van der Waals surface area contributed by atoms with E-state index >= 15 is 0 Å². The average Bonchev–Trinajstić information content (AvgIpc) is 2.76. The molecule has 2 aromatic rings. The standard InChI is InChI=1S/C15H12BrCl2N/c16-10-2-5-13(18)15(8-10)19-14-6-1-9-7-11(17)3-4-12(9)14/h2-5,7-8,14,19H,1,6H2. The predicted molar refractivity (Wildman–Crippen MR) is 85.3 cm³/mol. The Kier molecular flexibility index (Phi) is 3.75. The molecule has 0 fully saturated rings. The summed E-state index contributed by atoms with van der Waals surface area (Å²) < 4.78 is 1.02. The first kappa shape index (κ1) is 13.3. The van der Waals surface area contributed by atoms with Crippen molar-refractivity contribution in [3.05, 3.63) is 62.0 Å². The minimum atomic E-state index is 0.305. The summed E-state index contributed by atoms with van der Waals surface area (Å²) in [5.74, 6) is 0. The van der Waals surface area contributed by atoms with Crippen molar-refractivity contribution < 1.29 is 0 Å². The molecule has 0 amide bonds. The number of halogens is 3. The van der Waals surface area contributed by atoms with Crippen LogP contribution in [0.3, 0.4) is 0 Å². The first-order valence-electron chi connectivity index (χ1n) is 6.13. The molecule has 0 aromatic heterocycles. The van der Waals surface area contributed by atoms with Gasteiger partial charge in [0.25, 0.3) is 0 Å². The topological polar surface area (TPSA) is 12.0 Å². The van der Waals surface area contributed by atoms with Crippen molar-refractivity contribution in [2.45, 2.75) is 18.9 Å². The lowest BCUT2D eigenvalue weighted by atomic mass is 10.1. The summed E-state index contributed by atoms with van der Waals surface area (Å²) in [6, 6.07) is 12.3. The van der Waals surface area contributed by atoms with Gasteiger partial charge in [-0.05, 0) is 54.3 Å². The van der Waals surface area contributed by atoms with Crippen LogP contribution < -0.4 is 5.32 Å². The van der Waals surface area contributed by atoms with Crippen LogP contribution in [0.15, 0.2) is 40.9 Å². The Balaban J connectivity index is 1.88. The molecular weight excluding hydrogens is 345 g/mol. The van der Waals surface area contributed by atoms with Crippen LogP contribution in [0.2, 0.25) is 10.0 Å². The minimum Gasteiger partial charge on any atom is -0.377 e. The van der Waals surface area contributed by atoms with Gasteiger partial charge in [0.2, 0.25) is 0 Å². The predicted octanol–water partition coefficient (Wildman–Crippen LogP) is 5.86. The molecule has 2 aromatic carbocycles. The van der Waals surface area contributed by atoms with E-state index in [9.17, 15) is 0 Å². The Bertz CT molecular complexity index is 628. The maximum absolute atomic E-state index is 6.22. The average molecular weight is 357 g/mol. The van der Waals surface area contributed by atoms with E-state index in [-0.39, 0.29) is 0 Å². The minimum absolute atomic E-state index is 0.305. The fourth-order valence-corrected chi connectivity index (χ4v) is 3.26. The number of hydrogen-bond acceptors (Lipinski definition) is 1. The summed E-state index contributed by atoms with van der Waals surface area (Å²) >= 11 is 15.7. The maximum atomic E-state index is 6.22. The number of nitrogens with one attached hydrogen (secondary N) is 1. The molecule has 0 radical (unpaired) electrons. The number of hydrogen-bond donors (Lipinski definition) is 1. The molecule has 4 heteroatoms. The third-order valence-corrected chi connectivity index (χ3v) is 4.50. The van der Waals surface area contributed by atoms with Gasteiger partial charge in [0.05, 0.1) is 16.8 Å². The lowest BCUT2D eigenvalue weighted by molar-refractivity contribution is 0.762. The highest BCUT2D eigenvalue weighted by molar-refractivity contribution is 9.10. The van der Waals surface area contributed by atoms with E-state index in [1.165, 1.54) is 11.1 Å². The molecule has 0 aliphatic heterocycles. The summed E-state index contributed by atoms with van der Waals surface area (Å²) in [6.45, 7) is 0. The van der Waals surface area contributed by atoms with Gasteiger partial charge in [0.1, 0.15) is 0 Å². The lowest BCUT2D eigenvalue weighted by Gasteiger charge is -2.17. The van der Waals surface area contributed by atoms with Gasteiger partial charge in [-0.15, -0.1) is 0 Å². The Morgan fingerprint density at radius 3 is 2.79 bits per heavy atom. The molecule has 1 nitrogen and oxygen atoms in total. The van der Waals surface area contributed by atoms with E-state index in [4.69, 9.17) is 23.2 Å². The zero-order valence-corrected chi connectivity index (χ0v) is 13.2. The zero-order chi connectivity index (χ0) is 13.4. The van der Waals surface area contributed by atoms with Crippen molar-refractivity contribution in [3.63, 3.8) is 0 Å². The molecule has 1 N–H and O–H groups in total. The van der Waals surface area contributed by atoms with E-state index in [1.807, 2.05) is 24.3 Å². The molecule has 0 saturated carbocycles. The van der Waals surface area contributed by atoms with Gasteiger partial charge in [-0.2, -0.15) is 0 Å². The molecule has 1 aliphatic rings. The van der Waals surface area contributed by atoms with Crippen molar-refractivity contribution in [1.82, 2.24) is 0 Å². The van der Waals surface area contributed by atoms with Crippen LogP contribution in [0.5, 0.6) is 0 Å². The molecular formula is C15H12BrCl2N. The maximum Gasteiger partial charge on any atom is 0.0638 e. The number of fused-ring (bicyclic) bond motifs is 1. The van der Waals surface area contributed by atoms with Gasteiger partial charge in [0, 0.05) is 9.50 Å². The molecule has 19 heavy (non-hydrogen) atoms. The summed E-state index contributed by atoms with van der Waals surface area (Å²) in [7, 11) is 0. The van der Waals surface area contributed by atoms with Gasteiger partial charge in [0.15, 0.2) is 0 Å². The van der Waals surface area contributed by atoms with Gasteiger partial charge < -0.3 is 5.32 Å². The van der Waals surface area contributed by atoms with Gasteiger partial charge in [-0.25, -0.2) is 0 Å². The second-order valence-electron chi connectivity index (χ2n) is 4.70. The van der Waals surface area contributed by atoms with Crippen LogP contribution in [-0.2, 0) is 6.42 Å².